The molecule has 8 aromatic carbocycles. The zero-order valence-corrected chi connectivity index (χ0v) is 30.6. The molecule has 0 bridgehead atoms. The normalized spacial score (nSPS) is 13.4. The number of para-hydroxylation sites is 2. The predicted molar refractivity (Wildman–Crippen MR) is 231 cm³/mol. The van der Waals surface area contributed by atoms with Gasteiger partial charge in [0.1, 0.15) is 17.0 Å². The lowest BCUT2D eigenvalue weighted by Gasteiger charge is -2.30. The van der Waals surface area contributed by atoms with E-state index in [9.17, 15) is 0 Å². The maximum Gasteiger partial charge on any atom is 0.162 e. The molecule has 13 rings (SSSR count). The van der Waals surface area contributed by atoms with E-state index in [1.165, 1.54) is 55.3 Å². The van der Waals surface area contributed by atoms with Crippen LogP contribution in [0.25, 0.3) is 94.5 Å². The van der Waals surface area contributed by atoms with Crippen molar-refractivity contribution in [2.45, 2.75) is 5.41 Å². The predicted octanol–water partition coefficient (Wildman–Crippen LogP) is 13.2. The Morgan fingerprint density at radius 2 is 1.05 bits per heavy atom. The molecule has 3 heterocycles. The van der Waals surface area contributed by atoms with Crippen molar-refractivity contribution in [1.82, 2.24) is 14.5 Å². The summed E-state index contributed by atoms with van der Waals surface area (Å²) in [6.07, 6.45) is 0. The molecule has 0 unspecified atom stereocenters. The number of hydrogen-bond acceptors (Lipinski definition) is 3. The standard InChI is InChI=1S/C53H31N3O/c1-2-15-32(16-3-1)52-54-44(38-22-14-28-47-49(38)39-21-8-13-27-46(39)57-47)31-48(55-52)56-45-26-12-7-19-35(45)36-29-30-43-50(51(36)56)37-20-6-11-25-42(37)53(43)40-23-9-4-17-33(40)34-18-5-10-24-41(34)53/h1-31H. The Balaban J connectivity index is 1.18. The number of hydrogen-bond donors (Lipinski definition) is 0. The molecule has 3 aromatic heterocycles. The molecule has 0 aliphatic heterocycles. The van der Waals surface area contributed by atoms with E-state index in [1.54, 1.807) is 0 Å². The molecule has 4 heteroatoms. The van der Waals surface area contributed by atoms with E-state index in [0.29, 0.717) is 5.82 Å². The molecule has 11 aromatic rings. The summed E-state index contributed by atoms with van der Waals surface area (Å²) in [7, 11) is 0. The van der Waals surface area contributed by atoms with Crippen molar-refractivity contribution in [2.75, 3.05) is 0 Å². The molecular weight excluding hydrogens is 695 g/mol. The summed E-state index contributed by atoms with van der Waals surface area (Å²) in [5.41, 5.74) is 16.6. The minimum atomic E-state index is -0.460. The van der Waals surface area contributed by atoms with Gasteiger partial charge in [0, 0.05) is 44.3 Å². The Bertz CT molecular complexity index is 3440. The molecule has 2 aliphatic carbocycles. The van der Waals surface area contributed by atoms with Crippen LogP contribution in [0.3, 0.4) is 0 Å². The van der Waals surface area contributed by atoms with Crippen molar-refractivity contribution in [3.05, 3.63) is 210 Å². The molecule has 0 saturated heterocycles. The highest BCUT2D eigenvalue weighted by atomic mass is 16.3. The van der Waals surface area contributed by atoms with Crippen LogP contribution >= 0.6 is 0 Å². The fourth-order valence-corrected chi connectivity index (χ4v) is 10.3. The Morgan fingerprint density at radius 3 is 1.84 bits per heavy atom. The summed E-state index contributed by atoms with van der Waals surface area (Å²) in [6, 6.07) is 67.5. The lowest BCUT2D eigenvalue weighted by molar-refractivity contribution is 0.669. The second-order valence-corrected chi connectivity index (χ2v) is 15.2. The van der Waals surface area contributed by atoms with Gasteiger partial charge < -0.3 is 4.42 Å². The fourth-order valence-electron chi connectivity index (χ4n) is 10.3. The maximum atomic E-state index is 6.38. The Labute approximate surface area is 328 Å². The van der Waals surface area contributed by atoms with Crippen molar-refractivity contribution < 1.29 is 4.42 Å². The van der Waals surface area contributed by atoms with E-state index in [1.807, 2.05) is 24.3 Å². The first-order valence-corrected chi connectivity index (χ1v) is 19.5. The van der Waals surface area contributed by atoms with Crippen LogP contribution in [0.15, 0.2) is 192 Å². The van der Waals surface area contributed by atoms with E-state index in [2.05, 4.69) is 168 Å². The first-order chi connectivity index (χ1) is 28.3. The zero-order valence-electron chi connectivity index (χ0n) is 30.6. The van der Waals surface area contributed by atoms with Gasteiger partial charge in [0.05, 0.1) is 22.1 Å². The lowest BCUT2D eigenvalue weighted by atomic mass is 9.70. The molecule has 0 amide bonds. The fraction of sp³-hybridized carbons (Fsp3) is 0.0189. The number of rotatable bonds is 3. The Hall–Kier alpha value is -7.56. The lowest BCUT2D eigenvalue weighted by Crippen LogP contribution is -2.25. The first-order valence-electron chi connectivity index (χ1n) is 19.5. The van der Waals surface area contributed by atoms with Crippen molar-refractivity contribution in [3.63, 3.8) is 0 Å². The number of nitrogens with zero attached hydrogens (tertiary/aromatic N) is 3. The van der Waals surface area contributed by atoms with Crippen LogP contribution < -0.4 is 0 Å². The van der Waals surface area contributed by atoms with Crippen molar-refractivity contribution in [1.29, 1.82) is 0 Å². The highest BCUT2D eigenvalue weighted by Crippen LogP contribution is 2.64. The summed E-state index contributed by atoms with van der Waals surface area (Å²) < 4.78 is 8.78. The summed E-state index contributed by atoms with van der Waals surface area (Å²) >= 11 is 0. The van der Waals surface area contributed by atoms with Crippen LogP contribution in [-0.4, -0.2) is 14.5 Å². The van der Waals surface area contributed by atoms with Crippen molar-refractivity contribution in [3.8, 4) is 50.7 Å². The highest BCUT2D eigenvalue weighted by Gasteiger charge is 2.52. The van der Waals surface area contributed by atoms with E-state index < -0.39 is 5.41 Å². The summed E-state index contributed by atoms with van der Waals surface area (Å²) in [4.78, 5) is 10.8. The molecule has 2 aliphatic rings. The molecule has 0 atom stereocenters. The van der Waals surface area contributed by atoms with Gasteiger partial charge >= 0.3 is 0 Å². The number of fused-ring (bicyclic) bond motifs is 17. The van der Waals surface area contributed by atoms with E-state index >= 15 is 0 Å². The van der Waals surface area contributed by atoms with Gasteiger partial charge in [-0.3, -0.25) is 4.57 Å². The second kappa shape index (κ2) is 11.2. The largest absolute Gasteiger partial charge is 0.456 e. The van der Waals surface area contributed by atoms with Gasteiger partial charge in [0.15, 0.2) is 5.82 Å². The molecule has 0 radical (unpaired) electrons. The van der Waals surface area contributed by atoms with E-state index in [-0.39, 0.29) is 0 Å². The summed E-state index contributed by atoms with van der Waals surface area (Å²) in [5.74, 6) is 1.48. The van der Waals surface area contributed by atoms with Crippen LogP contribution in [0.1, 0.15) is 22.3 Å². The average Bonchev–Trinajstić information content (AvgIpc) is 4.00. The van der Waals surface area contributed by atoms with Crippen LogP contribution in [0.5, 0.6) is 0 Å². The third kappa shape index (κ3) is 3.96. The van der Waals surface area contributed by atoms with Crippen LogP contribution in [0.2, 0.25) is 0 Å². The second-order valence-electron chi connectivity index (χ2n) is 15.2. The van der Waals surface area contributed by atoms with Gasteiger partial charge in [-0.25, -0.2) is 9.97 Å². The van der Waals surface area contributed by atoms with Crippen LogP contribution in [0, 0.1) is 0 Å². The minimum Gasteiger partial charge on any atom is -0.456 e. The monoisotopic (exact) mass is 725 g/mol. The third-order valence-corrected chi connectivity index (χ3v) is 12.4. The maximum absolute atomic E-state index is 6.38. The van der Waals surface area contributed by atoms with E-state index in [0.717, 1.165) is 55.6 Å². The van der Waals surface area contributed by atoms with Gasteiger partial charge in [-0.05, 0) is 57.1 Å². The Morgan fingerprint density at radius 1 is 0.439 bits per heavy atom. The SMILES string of the molecule is c1ccc(-c2nc(-c3cccc4oc5ccccc5c34)cc(-n3c4ccccc4c4ccc5c(c43)-c3ccccc3C53c4ccccc4-c4ccccc43)n2)cc1. The molecule has 0 N–H and O–H groups in total. The number of aromatic nitrogens is 3. The quantitative estimate of drug-likeness (QED) is 0.182. The van der Waals surface area contributed by atoms with Gasteiger partial charge in [0.2, 0.25) is 0 Å². The highest BCUT2D eigenvalue weighted by molar-refractivity contribution is 6.17. The molecule has 264 valence electrons. The van der Waals surface area contributed by atoms with Crippen molar-refractivity contribution >= 4 is 43.7 Å². The third-order valence-electron chi connectivity index (χ3n) is 12.4. The van der Waals surface area contributed by atoms with Gasteiger partial charge in [-0.2, -0.15) is 0 Å². The molecule has 0 fully saturated rings. The van der Waals surface area contributed by atoms with Crippen LogP contribution in [-0.2, 0) is 5.41 Å². The molecular formula is C53H31N3O. The average molecular weight is 726 g/mol. The summed E-state index contributed by atoms with van der Waals surface area (Å²) in [5, 5.41) is 4.50. The summed E-state index contributed by atoms with van der Waals surface area (Å²) in [6.45, 7) is 0. The Kier molecular flexibility index (Phi) is 6.07. The van der Waals surface area contributed by atoms with Gasteiger partial charge in [-0.15, -0.1) is 0 Å². The zero-order chi connectivity index (χ0) is 37.2. The molecule has 0 saturated carbocycles. The minimum absolute atomic E-state index is 0.460. The van der Waals surface area contributed by atoms with Crippen molar-refractivity contribution in [2.24, 2.45) is 0 Å². The number of benzene rings is 8. The smallest absolute Gasteiger partial charge is 0.162 e. The molecule has 57 heavy (non-hydrogen) atoms. The topological polar surface area (TPSA) is 43.9 Å². The molecule has 4 nitrogen and oxygen atoms in total. The first kappa shape index (κ1) is 30.7. The molecule has 1 spiro atoms. The number of furan rings is 1. The van der Waals surface area contributed by atoms with Gasteiger partial charge in [0.25, 0.3) is 0 Å². The van der Waals surface area contributed by atoms with Crippen LogP contribution in [0.4, 0.5) is 0 Å². The van der Waals surface area contributed by atoms with E-state index in [4.69, 9.17) is 14.4 Å². The van der Waals surface area contributed by atoms with Gasteiger partial charge in [-0.1, -0.05) is 164 Å².